The molecule has 1 aromatic carbocycles. The minimum absolute atomic E-state index is 0.114. The van der Waals surface area contributed by atoms with Crippen LogP contribution in [0.3, 0.4) is 0 Å². The van der Waals surface area contributed by atoms with E-state index in [0.717, 1.165) is 51.0 Å². The summed E-state index contributed by atoms with van der Waals surface area (Å²) in [7, 11) is 0. The summed E-state index contributed by atoms with van der Waals surface area (Å²) in [5.74, 6) is -2.86. The number of carboxylic acid groups (broad SMARTS) is 2. The first-order chi connectivity index (χ1) is 19.7. The van der Waals surface area contributed by atoms with Crippen LogP contribution in [0.15, 0.2) is 18.2 Å². The van der Waals surface area contributed by atoms with Gasteiger partial charge in [0.2, 0.25) is 17.7 Å². The lowest BCUT2D eigenvalue weighted by Gasteiger charge is -2.40. The third-order valence-corrected chi connectivity index (χ3v) is 7.96. The highest BCUT2D eigenvalue weighted by atomic mass is 16.4. The number of anilines is 1. The molecule has 4 unspecified atom stereocenters. The first-order valence-electron chi connectivity index (χ1n) is 15.2. The number of carbonyl (C=O) groups is 5. The Hall–Kier alpha value is -3.43. The van der Waals surface area contributed by atoms with Crippen molar-refractivity contribution in [2.24, 2.45) is 40.1 Å². The Morgan fingerprint density at radius 1 is 0.744 bits per heavy atom. The molecule has 0 aliphatic carbocycles. The number of hydrogen-bond acceptors (Lipinski definition) is 5. The molecule has 10 nitrogen and oxygen atoms in total. The van der Waals surface area contributed by atoms with Gasteiger partial charge < -0.3 is 26.6 Å². The molecule has 0 radical (unpaired) electrons. The first-order valence-corrected chi connectivity index (χ1v) is 15.2. The number of rotatable bonds is 19. The third-order valence-electron chi connectivity index (χ3n) is 7.96. The van der Waals surface area contributed by atoms with Crippen LogP contribution in [0.5, 0.6) is 0 Å². The van der Waals surface area contributed by atoms with Crippen molar-refractivity contribution in [2.45, 2.75) is 106 Å². The fourth-order valence-corrected chi connectivity index (χ4v) is 5.85. The van der Waals surface area contributed by atoms with E-state index < -0.39 is 22.8 Å². The quantitative estimate of drug-likeness (QED) is 0.153. The molecule has 10 heteroatoms. The SMILES string of the molecule is CC(CCCC(C)CC(C)(CCCC(C)CC(N)=O)CN(C(=O)C(C)(C)C)c1cc(C(=O)O)cc(C(=O)O)c1)CC(N)=O. The van der Waals surface area contributed by atoms with Crippen molar-refractivity contribution < 1.29 is 34.2 Å². The van der Waals surface area contributed by atoms with Crippen molar-refractivity contribution >= 4 is 35.3 Å². The fraction of sp³-hybridized carbons (Fsp3) is 0.667. The minimum atomic E-state index is -1.28. The number of aromatic carboxylic acids is 2. The van der Waals surface area contributed by atoms with E-state index in [-0.39, 0.29) is 58.8 Å². The standard InChI is InChI=1S/C33H53N3O7/c1-21(14-27(34)37)10-8-11-23(3)19-33(7,13-9-12-22(2)15-28(35)38)20-36(31(43)32(4,5)6)26-17-24(29(39)40)16-25(18-26)30(41)42/h16-18,21-23H,8-15,19-20H2,1-7H3,(H2,34,37)(H2,35,38)(H,39,40)(H,41,42). The summed E-state index contributed by atoms with van der Waals surface area (Å²) in [6, 6.07) is 3.81. The number of carboxylic acids is 2. The zero-order valence-electron chi connectivity index (χ0n) is 27.1. The zero-order valence-corrected chi connectivity index (χ0v) is 27.1. The van der Waals surface area contributed by atoms with Crippen LogP contribution in [0.25, 0.3) is 0 Å². The summed E-state index contributed by atoms with van der Waals surface area (Å²) in [4.78, 5) is 61.9. The lowest BCUT2D eigenvalue weighted by atomic mass is 9.74. The lowest BCUT2D eigenvalue weighted by Crippen LogP contribution is -2.46. The maximum atomic E-state index is 13.9. The van der Waals surface area contributed by atoms with E-state index in [1.165, 1.54) is 12.1 Å². The van der Waals surface area contributed by atoms with E-state index in [4.69, 9.17) is 11.5 Å². The lowest BCUT2D eigenvalue weighted by molar-refractivity contribution is -0.126. The van der Waals surface area contributed by atoms with E-state index in [9.17, 15) is 34.2 Å². The van der Waals surface area contributed by atoms with E-state index in [0.29, 0.717) is 12.8 Å². The number of nitrogens with zero attached hydrogens (tertiary/aromatic N) is 1. The first kappa shape index (κ1) is 37.6. The Labute approximate surface area is 256 Å². The van der Waals surface area contributed by atoms with E-state index in [2.05, 4.69) is 13.8 Å². The molecule has 0 spiro atoms. The van der Waals surface area contributed by atoms with Gasteiger partial charge in [0.25, 0.3) is 0 Å². The minimum Gasteiger partial charge on any atom is -0.478 e. The van der Waals surface area contributed by atoms with Crippen LogP contribution >= 0.6 is 0 Å². The molecule has 43 heavy (non-hydrogen) atoms. The molecule has 1 aromatic rings. The molecule has 0 aliphatic heterocycles. The van der Waals surface area contributed by atoms with Crippen molar-refractivity contribution in [2.75, 3.05) is 11.4 Å². The van der Waals surface area contributed by atoms with Crippen LogP contribution in [0, 0.1) is 28.6 Å². The molecule has 0 saturated heterocycles. The van der Waals surface area contributed by atoms with Gasteiger partial charge in [-0.2, -0.15) is 0 Å². The Balaban J connectivity index is 3.42. The van der Waals surface area contributed by atoms with Crippen LogP contribution in [-0.2, 0) is 14.4 Å². The van der Waals surface area contributed by atoms with Gasteiger partial charge in [-0.1, -0.05) is 80.6 Å². The Kier molecular flexibility index (Phi) is 14.4. The third kappa shape index (κ3) is 13.6. The second kappa shape index (κ2) is 16.4. The Morgan fingerprint density at radius 2 is 1.19 bits per heavy atom. The summed E-state index contributed by atoms with van der Waals surface area (Å²) in [6.45, 7) is 13.9. The van der Waals surface area contributed by atoms with E-state index in [1.807, 2.05) is 13.8 Å². The largest absolute Gasteiger partial charge is 0.478 e. The molecular weight excluding hydrogens is 550 g/mol. The molecule has 3 amide bonds. The second-order valence-electron chi connectivity index (χ2n) is 14.0. The van der Waals surface area contributed by atoms with Gasteiger partial charge in [0, 0.05) is 30.5 Å². The van der Waals surface area contributed by atoms with Crippen LogP contribution in [-0.4, -0.2) is 46.4 Å². The average Bonchev–Trinajstić information content (AvgIpc) is 2.85. The average molecular weight is 604 g/mol. The Bertz CT molecular complexity index is 1110. The molecule has 4 atom stereocenters. The van der Waals surface area contributed by atoms with Crippen molar-refractivity contribution in [3.63, 3.8) is 0 Å². The number of amides is 3. The predicted octanol–water partition coefficient (Wildman–Crippen LogP) is 5.86. The maximum Gasteiger partial charge on any atom is 0.335 e. The molecule has 0 aromatic heterocycles. The molecular formula is C33H53N3O7. The van der Waals surface area contributed by atoms with Gasteiger partial charge in [0.15, 0.2) is 0 Å². The van der Waals surface area contributed by atoms with Crippen LogP contribution in [0.4, 0.5) is 5.69 Å². The smallest absolute Gasteiger partial charge is 0.335 e. The van der Waals surface area contributed by atoms with Gasteiger partial charge in [-0.3, -0.25) is 14.4 Å². The van der Waals surface area contributed by atoms with Crippen LogP contribution in [0.1, 0.15) is 127 Å². The van der Waals surface area contributed by atoms with Crippen molar-refractivity contribution in [3.05, 3.63) is 29.3 Å². The maximum absolute atomic E-state index is 13.9. The van der Waals surface area contributed by atoms with Crippen molar-refractivity contribution in [1.82, 2.24) is 0 Å². The van der Waals surface area contributed by atoms with Crippen molar-refractivity contribution in [1.29, 1.82) is 0 Å². The molecule has 0 heterocycles. The summed E-state index contributed by atoms with van der Waals surface area (Å²) < 4.78 is 0. The molecule has 242 valence electrons. The second-order valence-corrected chi connectivity index (χ2v) is 14.0. The van der Waals surface area contributed by atoms with E-state index in [1.54, 1.807) is 25.7 Å². The van der Waals surface area contributed by atoms with Gasteiger partial charge in [0.1, 0.15) is 0 Å². The van der Waals surface area contributed by atoms with E-state index >= 15 is 0 Å². The number of benzene rings is 1. The molecule has 6 N–H and O–H groups in total. The predicted molar refractivity (Wildman–Crippen MR) is 168 cm³/mol. The van der Waals surface area contributed by atoms with Crippen molar-refractivity contribution in [3.8, 4) is 0 Å². The summed E-state index contributed by atoms with van der Waals surface area (Å²) in [5, 5.41) is 19.4. The van der Waals surface area contributed by atoms with Gasteiger partial charge in [0.05, 0.1) is 11.1 Å². The Morgan fingerprint density at radius 3 is 1.60 bits per heavy atom. The molecule has 1 rings (SSSR count). The van der Waals surface area contributed by atoms with Crippen LogP contribution < -0.4 is 16.4 Å². The monoisotopic (exact) mass is 603 g/mol. The van der Waals surface area contributed by atoms with Gasteiger partial charge in [-0.25, -0.2) is 9.59 Å². The summed E-state index contributed by atoms with van der Waals surface area (Å²) in [5.41, 5.74) is 9.33. The molecule has 0 fully saturated rings. The summed E-state index contributed by atoms with van der Waals surface area (Å²) >= 11 is 0. The highest BCUT2D eigenvalue weighted by molar-refractivity contribution is 6.01. The van der Waals surface area contributed by atoms with Crippen LogP contribution in [0.2, 0.25) is 0 Å². The highest BCUT2D eigenvalue weighted by Gasteiger charge is 2.36. The zero-order chi connectivity index (χ0) is 33.1. The highest BCUT2D eigenvalue weighted by Crippen LogP contribution is 2.38. The summed E-state index contributed by atoms with van der Waals surface area (Å²) in [6.07, 6.45) is 6.44. The van der Waals surface area contributed by atoms with Gasteiger partial charge in [-0.15, -0.1) is 0 Å². The topological polar surface area (TPSA) is 181 Å². The number of primary amides is 2. The number of carbonyl (C=O) groups excluding carboxylic acids is 3. The van der Waals surface area contributed by atoms with Gasteiger partial charge in [-0.05, 0) is 54.2 Å². The number of hydrogen-bond donors (Lipinski definition) is 4. The molecule has 0 aliphatic rings. The molecule has 0 saturated carbocycles. The molecule has 0 bridgehead atoms. The van der Waals surface area contributed by atoms with Gasteiger partial charge >= 0.3 is 11.9 Å². The number of nitrogens with two attached hydrogens (primary N) is 2. The normalized spacial score (nSPS) is 15.1. The fourth-order valence-electron chi connectivity index (χ4n) is 5.85.